The molecule has 1 heterocycles. The van der Waals surface area contributed by atoms with Crippen LogP contribution >= 0.6 is 0 Å². The minimum Gasteiger partial charge on any atom is -0.481 e. The number of carbonyl (C=O) groups is 2. The highest BCUT2D eigenvalue weighted by molar-refractivity contribution is 5.73. The number of aliphatic carboxylic acids is 1. The molecule has 1 unspecified atom stereocenters. The lowest BCUT2D eigenvalue weighted by atomic mass is 10.1. The summed E-state index contributed by atoms with van der Waals surface area (Å²) in [4.78, 5) is 24.4. The van der Waals surface area contributed by atoms with Crippen LogP contribution in [0.2, 0.25) is 0 Å². The number of piperidine rings is 1. The number of carboxylic acid groups (broad SMARTS) is 1. The summed E-state index contributed by atoms with van der Waals surface area (Å²) >= 11 is 0. The molecule has 1 saturated heterocycles. The zero-order valence-corrected chi connectivity index (χ0v) is 12.4. The Morgan fingerprint density at radius 2 is 1.90 bits per heavy atom. The van der Waals surface area contributed by atoms with Gasteiger partial charge in [-0.15, -0.1) is 0 Å². The Balaban J connectivity index is 2.00. The van der Waals surface area contributed by atoms with Gasteiger partial charge in [-0.05, 0) is 38.3 Å². The van der Waals surface area contributed by atoms with Crippen LogP contribution in [0.4, 0.5) is 4.79 Å². The van der Waals surface area contributed by atoms with Crippen LogP contribution in [0.5, 0.6) is 0 Å². The van der Waals surface area contributed by atoms with Crippen LogP contribution in [0.3, 0.4) is 0 Å². The standard InChI is InChI=1S/C14H27N3O3/c1-12(5-6-13(18)19)11-16-14(20)15-7-10-17-8-3-2-4-9-17/h12H,2-11H2,1H3,(H,18,19)(H2,15,16,20). The number of hydrogen-bond donors (Lipinski definition) is 3. The van der Waals surface area contributed by atoms with Gasteiger partial charge in [0.05, 0.1) is 0 Å². The normalized spacial score (nSPS) is 17.4. The Morgan fingerprint density at radius 3 is 2.55 bits per heavy atom. The van der Waals surface area contributed by atoms with Gasteiger partial charge in [0.15, 0.2) is 0 Å². The van der Waals surface area contributed by atoms with Crippen molar-refractivity contribution in [2.45, 2.75) is 39.0 Å². The third kappa shape index (κ3) is 7.99. The molecule has 6 nitrogen and oxygen atoms in total. The highest BCUT2D eigenvalue weighted by Crippen LogP contribution is 2.07. The molecule has 0 saturated carbocycles. The van der Waals surface area contributed by atoms with Crippen molar-refractivity contribution in [1.29, 1.82) is 0 Å². The van der Waals surface area contributed by atoms with E-state index in [1.165, 1.54) is 19.3 Å². The number of carbonyl (C=O) groups excluding carboxylic acids is 1. The van der Waals surface area contributed by atoms with Gasteiger partial charge in [-0.2, -0.15) is 0 Å². The van der Waals surface area contributed by atoms with Crippen molar-refractivity contribution >= 4 is 12.0 Å². The average Bonchev–Trinajstić information content (AvgIpc) is 2.44. The molecule has 1 aliphatic rings. The summed E-state index contributed by atoms with van der Waals surface area (Å²) < 4.78 is 0. The Labute approximate surface area is 120 Å². The van der Waals surface area contributed by atoms with E-state index in [9.17, 15) is 9.59 Å². The van der Waals surface area contributed by atoms with Gasteiger partial charge in [0.1, 0.15) is 0 Å². The van der Waals surface area contributed by atoms with E-state index in [0.29, 0.717) is 19.5 Å². The number of hydrogen-bond acceptors (Lipinski definition) is 3. The van der Waals surface area contributed by atoms with Gasteiger partial charge < -0.3 is 20.6 Å². The molecule has 0 aromatic carbocycles. The third-order valence-corrected chi connectivity index (χ3v) is 3.62. The molecule has 0 radical (unpaired) electrons. The number of amides is 2. The van der Waals surface area contributed by atoms with E-state index in [1.807, 2.05) is 6.92 Å². The molecule has 20 heavy (non-hydrogen) atoms. The molecule has 0 spiro atoms. The van der Waals surface area contributed by atoms with Crippen molar-refractivity contribution < 1.29 is 14.7 Å². The number of likely N-dealkylation sites (tertiary alicyclic amines) is 1. The number of urea groups is 1. The van der Waals surface area contributed by atoms with E-state index in [2.05, 4.69) is 15.5 Å². The third-order valence-electron chi connectivity index (χ3n) is 3.62. The number of nitrogens with one attached hydrogen (secondary N) is 2. The molecule has 0 aliphatic carbocycles. The molecule has 116 valence electrons. The molecule has 1 fully saturated rings. The minimum atomic E-state index is -0.789. The average molecular weight is 285 g/mol. The topological polar surface area (TPSA) is 81.7 Å². The van der Waals surface area contributed by atoms with E-state index in [1.54, 1.807) is 0 Å². The predicted octanol–water partition coefficient (Wildman–Crippen LogP) is 1.27. The molecule has 0 bridgehead atoms. The van der Waals surface area contributed by atoms with E-state index in [0.717, 1.165) is 19.6 Å². The van der Waals surface area contributed by atoms with Crippen LogP contribution in [0, 0.1) is 5.92 Å². The van der Waals surface area contributed by atoms with Crippen molar-refractivity contribution in [1.82, 2.24) is 15.5 Å². The Morgan fingerprint density at radius 1 is 1.20 bits per heavy atom. The second kappa shape index (κ2) is 9.58. The Kier molecular flexibility index (Phi) is 8.02. The maximum atomic E-state index is 11.6. The molecule has 0 aromatic heterocycles. The van der Waals surface area contributed by atoms with Crippen LogP contribution in [0.15, 0.2) is 0 Å². The SMILES string of the molecule is CC(CCC(=O)O)CNC(=O)NCCN1CCCCC1. The first-order chi connectivity index (χ1) is 9.58. The molecule has 2 amide bonds. The summed E-state index contributed by atoms with van der Waals surface area (Å²) in [5.74, 6) is -0.609. The maximum Gasteiger partial charge on any atom is 0.314 e. The van der Waals surface area contributed by atoms with Gasteiger partial charge in [-0.1, -0.05) is 13.3 Å². The first-order valence-corrected chi connectivity index (χ1v) is 7.54. The van der Waals surface area contributed by atoms with Gasteiger partial charge in [0, 0.05) is 26.1 Å². The molecule has 3 N–H and O–H groups in total. The first-order valence-electron chi connectivity index (χ1n) is 7.54. The Bertz CT molecular complexity index is 304. The van der Waals surface area contributed by atoms with E-state index < -0.39 is 5.97 Å². The summed E-state index contributed by atoms with van der Waals surface area (Å²) in [5, 5.41) is 14.2. The summed E-state index contributed by atoms with van der Waals surface area (Å²) in [6.45, 7) is 6.29. The lowest BCUT2D eigenvalue weighted by Crippen LogP contribution is -2.42. The Hall–Kier alpha value is -1.30. The molecule has 6 heteroatoms. The highest BCUT2D eigenvalue weighted by Gasteiger charge is 2.10. The fraction of sp³-hybridized carbons (Fsp3) is 0.857. The second-order valence-electron chi connectivity index (χ2n) is 5.58. The van der Waals surface area contributed by atoms with Crippen LogP contribution < -0.4 is 10.6 Å². The number of carboxylic acids is 1. The number of nitrogens with zero attached hydrogens (tertiary/aromatic N) is 1. The zero-order chi connectivity index (χ0) is 14.8. The van der Waals surface area contributed by atoms with E-state index in [-0.39, 0.29) is 18.4 Å². The van der Waals surface area contributed by atoms with Crippen molar-refractivity contribution in [3.05, 3.63) is 0 Å². The van der Waals surface area contributed by atoms with Gasteiger partial charge in [-0.3, -0.25) is 4.79 Å². The summed E-state index contributed by atoms with van der Waals surface area (Å²) in [6.07, 6.45) is 4.57. The van der Waals surface area contributed by atoms with Crippen LogP contribution in [-0.2, 0) is 4.79 Å². The molecule has 1 atom stereocenters. The van der Waals surface area contributed by atoms with Gasteiger partial charge in [-0.25, -0.2) is 4.79 Å². The largest absolute Gasteiger partial charge is 0.481 e. The maximum absolute atomic E-state index is 11.6. The van der Waals surface area contributed by atoms with Gasteiger partial charge >= 0.3 is 12.0 Å². The molecule has 1 aliphatic heterocycles. The van der Waals surface area contributed by atoms with Gasteiger partial charge in [0.25, 0.3) is 0 Å². The fourth-order valence-corrected chi connectivity index (χ4v) is 2.31. The quantitative estimate of drug-likeness (QED) is 0.627. The van der Waals surface area contributed by atoms with Crippen LogP contribution in [-0.4, -0.2) is 54.7 Å². The monoisotopic (exact) mass is 285 g/mol. The van der Waals surface area contributed by atoms with Crippen LogP contribution in [0.25, 0.3) is 0 Å². The van der Waals surface area contributed by atoms with Crippen molar-refractivity contribution in [3.63, 3.8) is 0 Å². The van der Waals surface area contributed by atoms with Crippen molar-refractivity contribution in [2.24, 2.45) is 5.92 Å². The molecular weight excluding hydrogens is 258 g/mol. The summed E-state index contributed by atoms with van der Waals surface area (Å²) in [5.41, 5.74) is 0. The fourth-order valence-electron chi connectivity index (χ4n) is 2.31. The minimum absolute atomic E-state index is 0.152. The van der Waals surface area contributed by atoms with E-state index in [4.69, 9.17) is 5.11 Å². The molecule has 0 aromatic rings. The molecule has 1 rings (SSSR count). The smallest absolute Gasteiger partial charge is 0.314 e. The lowest BCUT2D eigenvalue weighted by Gasteiger charge is -2.26. The first kappa shape index (κ1) is 16.8. The summed E-state index contributed by atoms with van der Waals surface area (Å²) in [7, 11) is 0. The summed E-state index contributed by atoms with van der Waals surface area (Å²) in [6, 6.07) is -0.163. The zero-order valence-electron chi connectivity index (χ0n) is 12.4. The van der Waals surface area contributed by atoms with Crippen molar-refractivity contribution in [2.75, 3.05) is 32.7 Å². The van der Waals surface area contributed by atoms with E-state index >= 15 is 0 Å². The van der Waals surface area contributed by atoms with Crippen molar-refractivity contribution in [3.8, 4) is 0 Å². The molecular formula is C14H27N3O3. The number of rotatable bonds is 8. The lowest BCUT2D eigenvalue weighted by molar-refractivity contribution is -0.137. The predicted molar refractivity (Wildman–Crippen MR) is 77.7 cm³/mol. The van der Waals surface area contributed by atoms with Gasteiger partial charge in [0.2, 0.25) is 0 Å². The highest BCUT2D eigenvalue weighted by atomic mass is 16.4. The second-order valence-corrected chi connectivity index (χ2v) is 5.58. The van der Waals surface area contributed by atoms with Crippen LogP contribution in [0.1, 0.15) is 39.0 Å².